The molecule has 0 spiro atoms. The Balaban J connectivity index is 0.000000245. The number of carbonyl (C=O) groups is 4. The highest BCUT2D eigenvalue weighted by atomic mass is 16.6. The van der Waals surface area contributed by atoms with Crippen LogP contribution in [0.4, 0.5) is 0 Å². The maximum absolute atomic E-state index is 11.3. The standard InChI is InChI=1S/C18H26N2O7.C18H25NO8.C16H22N2O6.C16H21NO7/c1-18(17(22)23)12-19-16(20-18)14-4-3-13(11-15(14)21)27-10-9-26-8-7-25-6-5-24-2;1-18(17(21)22)12-27-16(19-18)14-4-3-13(11-15(14)20)26-10-9-25-8-7-24-6-5-23-2;1-16(15(20)21)10-17-14(18-16)12-4-3-11(9-13(12)19)24-8-7-23-6-5-22-2;1-16(15(19)20)10-24-14(17-16)12-4-3-11(9-13(12)18)23-8-7-22-6-5-21-2/h3-4,11,21H,5-10,12H2,1-2H3,(H,19,20)(H,22,23);3-4,11,20H,5-10,12H2,1-2H3,(H,21,22);3-4,9,19H,5-8,10H2,1-2H3,(H,17,18)(H,20,21);3-4,9,18H,5-8,10H2,1-2H3,(H,19,20). The highest BCUT2D eigenvalue weighted by Crippen LogP contribution is 2.33. The molecule has 0 aromatic heterocycles. The highest BCUT2D eigenvalue weighted by molar-refractivity contribution is 6.07. The van der Waals surface area contributed by atoms with E-state index in [-0.39, 0.29) is 61.1 Å². The first-order valence-corrected chi connectivity index (χ1v) is 32.2. The van der Waals surface area contributed by atoms with Crippen molar-refractivity contribution in [3.8, 4) is 46.0 Å². The molecule has 0 fully saturated rings. The molecule has 0 radical (unpaired) electrons. The number of rotatable bonds is 42. The van der Waals surface area contributed by atoms with Gasteiger partial charge in [0, 0.05) is 52.7 Å². The van der Waals surface area contributed by atoms with Crippen molar-refractivity contribution < 1.29 is 136 Å². The van der Waals surface area contributed by atoms with E-state index in [2.05, 4.69) is 30.6 Å². The molecule has 4 aromatic carbocycles. The molecule has 0 bridgehead atoms. The van der Waals surface area contributed by atoms with Crippen LogP contribution in [-0.2, 0) is 76.0 Å². The van der Waals surface area contributed by atoms with Crippen molar-refractivity contribution in [2.45, 2.75) is 49.9 Å². The van der Waals surface area contributed by atoms with Gasteiger partial charge in [0.2, 0.25) is 11.8 Å². The van der Waals surface area contributed by atoms with Gasteiger partial charge >= 0.3 is 23.9 Å². The minimum atomic E-state index is -1.35. The SMILES string of the molecule is COCCOCCOCCOc1ccc(C2=NC(C)(C(=O)O)CO2)c(O)c1.COCCOCCOCCOc1ccc(C2=NCC(C)(C(=O)O)N2)c(O)c1.COCCOCCOc1ccc(C2=NC(C)(C(=O)O)CO2)c(O)c1.COCCOCCOc1ccc(C2=NCC(C)(C(=O)O)N2)c(O)c1. The van der Waals surface area contributed by atoms with Crippen LogP contribution in [0, 0.1) is 0 Å². The molecule has 8 rings (SSSR count). The second-order valence-electron chi connectivity index (χ2n) is 23.2. The Labute approximate surface area is 589 Å². The van der Waals surface area contributed by atoms with Crippen LogP contribution in [0.25, 0.3) is 0 Å². The van der Waals surface area contributed by atoms with Crippen LogP contribution in [0.2, 0.25) is 0 Å². The van der Waals surface area contributed by atoms with Crippen molar-refractivity contribution >= 4 is 47.3 Å². The lowest BCUT2D eigenvalue weighted by Crippen LogP contribution is -2.50. The normalized spacial score (nSPS) is 19.2. The molecule has 0 amide bonds. The number of amidine groups is 2. The first kappa shape index (κ1) is 83.3. The Morgan fingerprint density at radius 3 is 0.833 bits per heavy atom. The second-order valence-corrected chi connectivity index (χ2v) is 23.2. The molecule has 34 heteroatoms. The molecule has 4 aliphatic rings. The Hall–Kier alpha value is -9.36. The van der Waals surface area contributed by atoms with Gasteiger partial charge in [-0.1, -0.05) is 0 Å². The number of aliphatic carboxylic acids is 4. The van der Waals surface area contributed by atoms with E-state index < -0.39 is 46.0 Å². The highest BCUT2D eigenvalue weighted by Gasteiger charge is 2.43. The predicted molar refractivity (Wildman–Crippen MR) is 365 cm³/mol. The Morgan fingerprint density at radius 2 is 0.618 bits per heavy atom. The first-order chi connectivity index (χ1) is 48.8. The zero-order valence-corrected chi connectivity index (χ0v) is 58.4. The van der Waals surface area contributed by atoms with Crippen molar-refractivity contribution in [1.82, 2.24) is 10.6 Å². The van der Waals surface area contributed by atoms with E-state index in [0.717, 1.165) is 0 Å². The summed E-state index contributed by atoms with van der Waals surface area (Å²) in [6.07, 6.45) is 0. The summed E-state index contributed by atoms with van der Waals surface area (Å²) in [5.74, 6) is -1.63. The lowest BCUT2D eigenvalue weighted by Gasteiger charge is -2.19. The third-order valence-electron chi connectivity index (χ3n) is 14.7. The number of aliphatic imine (C=N–C) groups is 4. The molecule has 102 heavy (non-hydrogen) atoms. The fourth-order valence-electron chi connectivity index (χ4n) is 8.65. The topological polar surface area (TPSA) is 451 Å². The average Bonchev–Trinajstić information content (AvgIpc) is 1.66. The number of aromatic hydroxyl groups is 4. The number of nitrogens with one attached hydrogen (secondary N) is 2. The molecule has 4 heterocycles. The first-order valence-electron chi connectivity index (χ1n) is 32.2. The van der Waals surface area contributed by atoms with Gasteiger partial charge in [-0.05, 0) is 76.2 Å². The summed E-state index contributed by atoms with van der Waals surface area (Å²) in [5, 5.41) is 83.0. The summed E-state index contributed by atoms with van der Waals surface area (Å²) in [7, 11) is 6.43. The number of hydrogen-bond acceptors (Lipinski definition) is 30. The Bertz CT molecular complexity index is 3450. The summed E-state index contributed by atoms with van der Waals surface area (Å²) < 4.78 is 83.9. The number of hydrogen-bond donors (Lipinski definition) is 10. The minimum Gasteiger partial charge on any atom is -0.507 e. The predicted octanol–water partition coefficient (Wildman–Crippen LogP) is 3.40. The second kappa shape index (κ2) is 42.8. The quantitative estimate of drug-likeness (QED) is 0.0284. The lowest BCUT2D eigenvalue weighted by molar-refractivity contribution is -0.143. The van der Waals surface area contributed by atoms with Crippen LogP contribution >= 0.6 is 0 Å². The third-order valence-corrected chi connectivity index (χ3v) is 14.7. The summed E-state index contributed by atoms with van der Waals surface area (Å²) >= 11 is 0. The third kappa shape index (κ3) is 26.9. The van der Waals surface area contributed by atoms with Crippen molar-refractivity contribution in [3.05, 3.63) is 95.1 Å². The van der Waals surface area contributed by atoms with Gasteiger partial charge in [-0.25, -0.2) is 29.2 Å². The number of benzene rings is 4. The van der Waals surface area contributed by atoms with E-state index in [1.54, 1.807) is 90.8 Å². The summed E-state index contributed by atoms with van der Waals surface area (Å²) in [4.78, 5) is 61.3. The van der Waals surface area contributed by atoms with Crippen LogP contribution in [0.5, 0.6) is 46.0 Å². The molecular weight excluding hydrogens is 1350 g/mol. The van der Waals surface area contributed by atoms with Crippen LogP contribution in [0.15, 0.2) is 92.8 Å². The minimum absolute atomic E-state index is 0.0336. The number of ether oxygens (including phenoxy) is 16. The Morgan fingerprint density at radius 1 is 0.373 bits per heavy atom. The lowest BCUT2D eigenvalue weighted by atomic mass is 10.0. The maximum atomic E-state index is 11.3. The van der Waals surface area contributed by atoms with Gasteiger partial charge in [-0.3, -0.25) is 9.98 Å². The zero-order chi connectivity index (χ0) is 74.6. The van der Waals surface area contributed by atoms with Crippen LogP contribution in [0.3, 0.4) is 0 Å². The molecule has 0 saturated carbocycles. The largest absolute Gasteiger partial charge is 0.507 e. The summed E-state index contributed by atoms with van der Waals surface area (Å²) in [6.45, 7) is 15.1. The molecule has 10 N–H and O–H groups in total. The number of nitrogens with zero attached hydrogens (tertiary/aromatic N) is 4. The number of phenols is 4. The molecule has 0 aliphatic carbocycles. The smallest absolute Gasteiger partial charge is 0.335 e. The van der Waals surface area contributed by atoms with Gasteiger partial charge in [0.05, 0.1) is 141 Å². The van der Waals surface area contributed by atoms with E-state index in [0.29, 0.717) is 189 Å². The van der Waals surface area contributed by atoms with Gasteiger partial charge < -0.3 is 127 Å². The molecule has 4 aromatic rings. The van der Waals surface area contributed by atoms with E-state index in [9.17, 15) is 49.8 Å². The van der Waals surface area contributed by atoms with E-state index >= 15 is 0 Å². The van der Waals surface area contributed by atoms with Gasteiger partial charge in [-0.2, -0.15) is 0 Å². The average molecular weight is 1440 g/mol. The molecular formula is C68H94N6O28. The number of carboxylic acid groups (broad SMARTS) is 4. The fraction of sp³-hybridized carbons (Fsp3) is 0.529. The van der Waals surface area contributed by atoms with Crippen molar-refractivity contribution in [3.63, 3.8) is 0 Å². The van der Waals surface area contributed by atoms with Crippen LogP contribution in [0.1, 0.15) is 49.9 Å². The fourth-order valence-corrected chi connectivity index (χ4v) is 8.65. The zero-order valence-electron chi connectivity index (χ0n) is 58.4. The van der Waals surface area contributed by atoms with Gasteiger partial charge in [0.25, 0.3) is 0 Å². The van der Waals surface area contributed by atoms with E-state index in [1.165, 1.54) is 38.1 Å². The van der Waals surface area contributed by atoms with Crippen LogP contribution in [-0.4, -0.2) is 297 Å². The summed E-state index contributed by atoms with van der Waals surface area (Å²) in [6, 6.07) is 18.8. The molecule has 564 valence electrons. The van der Waals surface area contributed by atoms with Crippen molar-refractivity contribution in [1.29, 1.82) is 0 Å². The summed E-state index contributed by atoms with van der Waals surface area (Å²) in [5.41, 5.74) is -3.50. The van der Waals surface area contributed by atoms with Gasteiger partial charge in [0.15, 0.2) is 22.2 Å². The monoisotopic (exact) mass is 1440 g/mol. The maximum Gasteiger partial charge on any atom is 0.335 e. The molecule has 0 saturated heterocycles. The number of methoxy groups -OCH3 is 4. The van der Waals surface area contributed by atoms with Gasteiger partial charge in [0.1, 0.15) is 97.3 Å². The Kier molecular flexibility index (Phi) is 34.9. The van der Waals surface area contributed by atoms with E-state index in [4.69, 9.17) is 86.0 Å². The molecule has 34 nitrogen and oxygen atoms in total. The van der Waals surface area contributed by atoms with E-state index in [1.807, 2.05) is 0 Å². The van der Waals surface area contributed by atoms with Crippen molar-refractivity contribution in [2.75, 3.05) is 187 Å². The molecule has 4 unspecified atom stereocenters. The van der Waals surface area contributed by atoms with Crippen LogP contribution < -0.4 is 29.6 Å². The number of phenolic OH excluding ortho intramolecular Hbond substituents is 4. The molecule has 4 aliphatic heterocycles. The molecule has 4 atom stereocenters. The van der Waals surface area contributed by atoms with Crippen molar-refractivity contribution in [2.24, 2.45) is 20.0 Å². The van der Waals surface area contributed by atoms with Gasteiger partial charge in [-0.15, -0.1) is 0 Å². The number of carboxylic acids is 4.